The van der Waals surface area contributed by atoms with Gasteiger partial charge in [-0.05, 0) is 54.4 Å². The minimum absolute atomic E-state index is 0.111. The van der Waals surface area contributed by atoms with E-state index in [0.29, 0.717) is 12.2 Å². The molecule has 1 aliphatic heterocycles. The average molecular weight is 341 g/mol. The largest absolute Gasteiger partial charge is 0.460 e. The van der Waals surface area contributed by atoms with E-state index in [2.05, 4.69) is 21.2 Å². The molecule has 1 fully saturated rings. The molecule has 0 bridgehead atoms. The van der Waals surface area contributed by atoms with E-state index in [1.165, 1.54) is 0 Å². The van der Waals surface area contributed by atoms with Crippen LogP contribution in [0.15, 0.2) is 22.7 Å². The Bertz CT molecular complexity index is 511. The first kappa shape index (κ1) is 15.3. The second kappa shape index (κ2) is 5.74. The first-order valence-electron chi connectivity index (χ1n) is 6.76. The zero-order valence-electron chi connectivity index (χ0n) is 12.1. The van der Waals surface area contributed by atoms with E-state index >= 15 is 0 Å². The van der Waals surface area contributed by atoms with Crippen molar-refractivity contribution in [1.82, 2.24) is 5.32 Å². The second-order valence-corrected chi connectivity index (χ2v) is 7.04. The van der Waals surface area contributed by atoms with Gasteiger partial charge in [0.2, 0.25) is 0 Å². The van der Waals surface area contributed by atoms with E-state index < -0.39 is 5.60 Å². The fourth-order valence-electron chi connectivity index (χ4n) is 2.45. The Kier molecular flexibility index (Phi) is 4.39. The van der Waals surface area contributed by atoms with E-state index in [4.69, 9.17) is 10.5 Å². The van der Waals surface area contributed by atoms with E-state index in [-0.39, 0.29) is 17.8 Å². The van der Waals surface area contributed by atoms with E-state index in [1.54, 1.807) is 0 Å². The molecule has 20 heavy (non-hydrogen) atoms. The fourth-order valence-corrected chi connectivity index (χ4v) is 2.69. The molecule has 4 nitrogen and oxygen atoms in total. The van der Waals surface area contributed by atoms with Crippen molar-refractivity contribution in [3.8, 4) is 0 Å². The summed E-state index contributed by atoms with van der Waals surface area (Å²) in [5, 5.41) is 3.27. The zero-order chi connectivity index (χ0) is 14.9. The number of anilines is 1. The van der Waals surface area contributed by atoms with Gasteiger partial charge in [-0.25, -0.2) is 0 Å². The molecule has 1 aromatic carbocycles. The lowest BCUT2D eigenvalue weighted by Crippen LogP contribution is -2.31. The topological polar surface area (TPSA) is 64.3 Å². The number of ether oxygens (including phenoxy) is 1. The van der Waals surface area contributed by atoms with Gasteiger partial charge in [-0.3, -0.25) is 4.79 Å². The molecule has 0 spiro atoms. The smallest absolute Gasteiger partial charge is 0.311 e. The van der Waals surface area contributed by atoms with Crippen molar-refractivity contribution in [2.24, 2.45) is 5.92 Å². The quantitative estimate of drug-likeness (QED) is 0.641. The lowest BCUT2D eigenvalue weighted by atomic mass is 9.88. The first-order valence-corrected chi connectivity index (χ1v) is 7.56. The number of carbonyl (C=O) groups excluding carboxylic acids is 1. The molecule has 0 amide bonds. The Morgan fingerprint density at radius 2 is 2.10 bits per heavy atom. The molecule has 0 unspecified atom stereocenters. The molecular formula is C15H21BrN2O2. The molecule has 1 aromatic rings. The van der Waals surface area contributed by atoms with Gasteiger partial charge in [0.15, 0.2) is 0 Å². The van der Waals surface area contributed by atoms with Crippen LogP contribution in [0.3, 0.4) is 0 Å². The van der Waals surface area contributed by atoms with E-state index in [1.807, 2.05) is 39.0 Å². The van der Waals surface area contributed by atoms with Gasteiger partial charge in [-0.1, -0.05) is 6.07 Å². The van der Waals surface area contributed by atoms with Gasteiger partial charge in [0, 0.05) is 29.2 Å². The number of benzene rings is 1. The third kappa shape index (κ3) is 3.52. The van der Waals surface area contributed by atoms with Crippen LogP contribution < -0.4 is 11.1 Å². The van der Waals surface area contributed by atoms with Gasteiger partial charge in [-0.2, -0.15) is 0 Å². The maximum absolute atomic E-state index is 12.3. The Hall–Kier alpha value is -1.07. The van der Waals surface area contributed by atoms with Crippen molar-refractivity contribution in [1.29, 1.82) is 0 Å². The van der Waals surface area contributed by atoms with Crippen LogP contribution in [0.2, 0.25) is 0 Å². The van der Waals surface area contributed by atoms with E-state index in [0.717, 1.165) is 16.6 Å². The summed E-state index contributed by atoms with van der Waals surface area (Å²) in [6, 6.07) is 5.86. The summed E-state index contributed by atoms with van der Waals surface area (Å²) >= 11 is 3.39. The highest BCUT2D eigenvalue weighted by molar-refractivity contribution is 9.10. The number of rotatable bonds is 2. The highest BCUT2D eigenvalue weighted by atomic mass is 79.9. The number of nitrogen functional groups attached to an aromatic ring is 1. The standard InChI is InChI=1S/C15H21BrN2O2/c1-15(2,3)20-14(19)11-8-18-7-10(11)9-4-5-12(16)13(17)6-9/h4-6,10-11,18H,7-8,17H2,1-3H3/t10-,11+/m0/s1. The molecule has 2 atom stereocenters. The highest BCUT2D eigenvalue weighted by Gasteiger charge is 2.36. The Morgan fingerprint density at radius 3 is 2.70 bits per heavy atom. The number of nitrogens with two attached hydrogens (primary N) is 1. The van der Waals surface area contributed by atoms with Crippen LogP contribution >= 0.6 is 15.9 Å². The molecule has 5 heteroatoms. The SMILES string of the molecule is CC(C)(C)OC(=O)[C@@H]1CNC[C@H]1c1ccc(Br)c(N)c1. The molecule has 0 aromatic heterocycles. The van der Waals surface area contributed by atoms with Gasteiger partial charge in [0.25, 0.3) is 0 Å². The minimum Gasteiger partial charge on any atom is -0.460 e. The molecule has 0 radical (unpaired) electrons. The third-order valence-electron chi connectivity index (χ3n) is 3.37. The van der Waals surface area contributed by atoms with Crippen molar-refractivity contribution in [3.05, 3.63) is 28.2 Å². The van der Waals surface area contributed by atoms with Gasteiger partial charge < -0.3 is 15.8 Å². The third-order valence-corrected chi connectivity index (χ3v) is 4.09. The summed E-state index contributed by atoms with van der Waals surface area (Å²) in [5.74, 6) is -0.191. The fraction of sp³-hybridized carbons (Fsp3) is 0.533. The van der Waals surface area contributed by atoms with Crippen molar-refractivity contribution in [2.75, 3.05) is 18.8 Å². The summed E-state index contributed by atoms with van der Waals surface area (Å²) in [6.07, 6.45) is 0. The number of hydrogen-bond acceptors (Lipinski definition) is 4. The minimum atomic E-state index is -0.455. The predicted octanol–water partition coefficient (Wildman–Crippen LogP) is 2.68. The molecule has 1 heterocycles. The molecule has 2 rings (SSSR count). The molecule has 110 valence electrons. The Labute approximate surface area is 128 Å². The number of halogens is 1. The van der Waals surface area contributed by atoms with Gasteiger partial charge in [-0.15, -0.1) is 0 Å². The average Bonchev–Trinajstić information content (AvgIpc) is 2.79. The summed E-state index contributed by atoms with van der Waals surface area (Å²) in [6.45, 7) is 7.08. The van der Waals surface area contributed by atoms with Gasteiger partial charge >= 0.3 is 5.97 Å². The summed E-state index contributed by atoms with van der Waals surface area (Å²) in [7, 11) is 0. The number of nitrogens with one attached hydrogen (secondary N) is 1. The molecule has 1 saturated heterocycles. The van der Waals surface area contributed by atoms with Crippen LogP contribution in [-0.2, 0) is 9.53 Å². The van der Waals surface area contributed by atoms with Crippen molar-refractivity contribution >= 4 is 27.6 Å². The predicted molar refractivity (Wildman–Crippen MR) is 83.5 cm³/mol. The van der Waals surface area contributed by atoms with Crippen LogP contribution in [0.25, 0.3) is 0 Å². The molecule has 0 aliphatic carbocycles. The lowest BCUT2D eigenvalue weighted by Gasteiger charge is -2.24. The number of esters is 1. The zero-order valence-corrected chi connectivity index (χ0v) is 13.7. The van der Waals surface area contributed by atoms with Gasteiger partial charge in [0.05, 0.1) is 5.92 Å². The summed E-state index contributed by atoms with van der Waals surface area (Å²) < 4.78 is 6.38. The van der Waals surface area contributed by atoms with Gasteiger partial charge in [0.1, 0.15) is 5.60 Å². The monoisotopic (exact) mass is 340 g/mol. The molecule has 0 saturated carbocycles. The van der Waals surface area contributed by atoms with Crippen LogP contribution in [-0.4, -0.2) is 24.7 Å². The Balaban J connectivity index is 2.18. The summed E-state index contributed by atoms with van der Waals surface area (Å²) in [5.41, 5.74) is 7.24. The molecular weight excluding hydrogens is 320 g/mol. The van der Waals surface area contributed by atoms with Crippen LogP contribution in [0.4, 0.5) is 5.69 Å². The molecule has 3 N–H and O–H groups in total. The normalized spacial score (nSPS) is 22.8. The van der Waals surface area contributed by atoms with Crippen molar-refractivity contribution < 1.29 is 9.53 Å². The maximum Gasteiger partial charge on any atom is 0.311 e. The van der Waals surface area contributed by atoms with Crippen LogP contribution in [0, 0.1) is 5.92 Å². The van der Waals surface area contributed by atoms with E-state index in [9.17, 15) is 4.79 Å². The first-order chi connectivity index (χ1) is 9.28. The Morgan fingerprint density at radius 1 is 1.40 bits per heavy atom. The maximum atomic E-state index is 12.3. The number of carbonyl (C=O) groups is 1. The van der Waals surface area contributed by atoms with Crippen LogP contribution in [0.1, 0.15) is 32.3 Å². The van der Waals surface area contributed by atoms with Crippen molar-refractivity contribution in [2.45, 2.75) is 32.3 Å². The molecule has 1 aliphatic rings. The second-order valence-electron chi connectivity index (χ2n) is 6.19. The number of hydrogen-bond donors (Lipinski definition) is 2. The lowest BCUT2D eigenvalue weighted by molar-refractivity contribution is -0.159. The highest BCUT2D eigenvalue weighted by Crippen LogP contribution is 2.33. The van der Waals surface area contributed by atoms with Crippen molar-refractivity contribution in [3.63, 3.8) is 0 Å². The summed E-state index contributed by atoms with van der Waals surface area (Å²) in [4.78, 5) is 12.3. The van der Waals surface area contributed by atoms with Crippen LogP contribution in [0.5, 0.6) is 0 Å².